The zero-order chi connectivity index (χ0) is 11.7. The van der Waals surface area contributed by atoms with Gasteiger partial charge in [0.05, 0.1) is 5.75 Å². The molecule has 0 saturated heterocycles. The Morgan fingerprint density at radius 1 is 1.20 bits per heavy atom. The number of thiol groups is 1. The summed E-state index contributed by atoms with van der Waals surface area (Å²) in [7, 11) is 0. The number of unbranched alkanes of at least 4 members (excludes halogenated alkanes) is 2. The molecule has 15 heavy (non-hydrogen) atoms. The molecule has 0 aromatic heterocycles. The van der Waals surface area contributed by atoms with Crippen molar-refractivity contribution in [3.05, 3.63) is 0 Å². The monoisotopic (exact) mass is 231 g/mol. The molecule has 0 aromatic carbocycles. The van der Waals surface area contributed by atoms with Crippen LogP contribution in [0.25, 0.3) is 0 Å². The Morgan fingerprint density at radius 2 is 1.87 bits per heavy atom. The molecule has 0 heterocycles. The summed E-state index contributed by atoms with van der Waals surface area (Å²) in [5.74, 6) is 0.686. The molecule has 1 N–H and O–H groups in total. The van der Waals surface area contributed by atoms with Crippen molar-refractivity contribution in [2.24, 2.45) is 5.92 Å². The second-order valence-electron chi connectivity index (χ2n) is 3.94. The first kappa shape index (κ1) is 14.5. The average Bonchev–Trinajstić information content (AvgIpc) is 2.22. The predicted molar refractivity (Wildman–Crippen MR) is 65.2 cm³/mol. The van der Waals surface area contributed by atoms with Crippen molar-refractivity contribution < 1.29 is 9.59 Å². The van der Waals surface area contributed by atoms with Gasteiger partial charge in [-0.05, 0) is 12.8 Å². The molecule has 0 atom stereocenters. The van der Waals surface area contributed by atoms with Crippen molar-refractivity contribution in [2.45, 2.75) is 39.5 Å². The highest BCUT2D eigenvalue weighted by Crippen LogP contribution is 2.05. The Bertz CT molecular complexity index is 205. The van der Waals surface area contributed by atoms with Crippen LogP contribution in [0.2, 0.25) is 0 Å². The molecule has 0 fully saturated rings. The third-order valence-corrected chi connectivity index (χ3v) is 2.50. The van der Waals surface area contributed by atoms with Crippen molar-refractivity contribution in [3.8, 4) is 0 Å². The third-order valence-electron chi connectivity index (χ3n) is 2.21. The van der Waals surface area contributed by atoms with E-state index in [-0.39, 0.29) is 17.6 Å². The minimum Gasteiger partial charge on any atom is -0.355 e. The third kappa shape index (κ3) is 8.48. The van der Waals surface area contributed by atoms with E-state index in [1.54, 1.807) is 0 Å². The molecule has 0 aliphatic rings. The van der Waals surface area contributed by atoms with E-state index in [1.165, 1.54) is 0 Å². The first-order valence-corrected chi connectivity index (χ1v) is 6.11. The van der Waals surface area contributed by atoms with Gasteiger partial charge in [-0.3, -0.25) is 9.59 Å². The second-order valence-corrected chi connectivity index (χ2v) is 4.26. The van der Waals surface area contributed by atoms with Crippen molar-refractivity contribution in [2.75, 3.05) is 12.3 Å². The lowest BCUT2D eigenvalue weighted by molar-refractivity contribution is -0.122. The van der Waals surface area contributed by atoms with Gasteiger partial charge in [0.15, 0.2) is 0 Å². The zero-order valence-electron chi connectivity index (χ0n) is 9.58. The number of hydrogen-bond donors (Lipinski definition) is 2. The van der Waals surface area contributed by atoms with Crippen LogP contribution in [0.15, 0.2) is 0 Å². The van der Waals surface area contributed by atoms with Crippen LogP contribution in [-0.4, -0.2) is 24.0 Å². The molecule has 0 aliphatic heterocycles. The lowest BCUT2D eigenvalue weighted by atomic mass is 10.0. The summed E-state index contributed by atoms with van der Waals surface area (Å²) in [5, 5.41) is 2.74. The van der Waals surface area contributed by atoms with E-state index in [4.69, 9.17) is 0 Å². The first-order valence-electron chi connectivity index (χ1n) is 5.48. The number of nitrogens with one attached hydrogen (secondary N) is 1. The van der Waals surface area contributed by atoms with Gasteiger partial charge in [0.2, 0.25) is 5.91 Å². The molecule has 3 nitrogen and oxygen atoms in total. The maximum Gasteiger partial charge on any atom is 0.229 e. The van der Waals surface area contributed by atoms with Crippen LogP contribution in [0.5, 0.6) is 0 Å². The van der Waals surface area contributed by atoms with E-state index < -0.39 is 0 Å². The van der Waals surface area contributed by atoms with Crippen LogP contribution in [0.3, 0.4) is 0 Å². The van der Waals surface area contributed by atoms with Gasteiger partial charge in [0, 0.05) is 18.9 Å². The molecular formula is C11H21NO2S. The van der Waals surface area contributed by atoms with Crippen LogP contribution >= 0.6 is 12.6 Å². The summed E-state index contributed by atoms with van der Waals surface area (Å²) in [4.78, 5) is 22.1. The van der Waals surface area contributed by atoms with Crippen LogP contribution in [0, 0.1) is 5.92 Å². The molecule has 0 rings (SSSR count). The second kappa shape index (κ2) is 8.77. The molecule has 0 radical (unpaired) electrons. The highest BCUT2D eigenvalue weighted by atomic mass is 32.1. The van der Waals surface area contributed by atoms with Gasteiger partial charge < -0.3 is 5.32 Å². The van der Waals surface area contributed by atoms with Gasteiger partial charge in [0.1, 0.15) is 5.78 Å². The van der Waals surface area contributed by atoms with Gasteiger partial charge in [-0.15, -0.1) is 0 Å². The summed E-state index contributed by atoms with van der Waals surface area (Å²) in [6, 6.07) is 0. The Morgan fingerprint density at radius 3 is 2.40 bits per heavy atom. The van der Waals surface area contributed by atoms with Gasteiger partial charge in [-0.25, -0.2) is 0 Å². The lowest BCUT2D eigenvalue weighted by Crippen LogP contribution is -2.25. The standard InChI is InChI=1S/C11H21NO2S/c1-9(2)10(13)6-4-3-5-7-12-11(14)8-15/h9,15H,3-8H2,1-2H3,(H,12,14). The molecule has 0 spiro atoms. The van der Waals surface area contributed by atoms with Crippen LogP contribution < -0.4 is 5.32 Å². The summed E-state index contributed by atoms with van der Waals surface area (Å²) in [6.07, 6.45) is 3.52. The zero-order valence-corrected chi connectivity index (χ0v) is 10.5. The predicted octanol–water partition coefficient (Wildman–Crippen LogP) is 1.82. The van der Waals surface area contributed by atoms with Gasteiger partial charge >= 0.3 is 0 Å². The van der Waals surface area contributed by atoms with Crippen LogP contribution in [-0.2, 0) is 9.59 Å². The molecule has 0 saturated carbocycles. The summed E-state index contributed by atoms with van der Waals surface area (Å²) >= 11 is 3.85. The number of rotatable bonds is 8. The fraction of sp³-hybridized carbons (Fsp3) is 0.818. The SMILES string of the molecule is CC(C)C(=O)CCCCCNC(=O)CS. The van der Waals surface area contributed by atoms with Crippen LogP contribution in [0.4, 0.5) is 0 Å². The molecule has 1 amide bonds. The summed E-state index contributed by atoms with van der Waals surface area (Å²) < 4.78 is 0. The largest absolute Gasteiger partial charge is 0.355 e. The molecule has 0 aliphatic carbocycles. The Balaban J connectivity index is 3.25. The van der Waals surface area contributed by atoms with E-state index in [2.05, 4.69) is 17.9 Å². The Kier molecular flexibility index (Phi) is 8.47. The maximum atomic E-state index is 11.3. The van der Waals surface area contributed by atoms with Gasteiger partial charge in [-0.2, -0.15) is 12.6 Å². The van der Waals surface area contributed by atoms with Gasteiger partial charge in [-0.1, -0.05) is 20.3 Å². The highest BCUT2D eigenvalue weighted by Gasteiger charge is 2.05. The minimum atomic E-state index is -0.0309. The molecule has 0 unspecified atom stereocenters. The fourth-order valence-corrected chi connectivity index (χ4v) is 1.29. The molecular weight excluding hydrogens is 210 g/mol. The van der Waals surface area contributed by atoms with Crippen LogP contribution in [0.1, 0.15) is 39.5 Å². The number of carbonyl (C=O) groups is 2. The molecule has 0 bridgehead atoms. The smallest absolute Gasteiger partial charge is 0.229 e. The molecule has 88 valence electrons. The Hall–Kier alpha value is -0.510. The van der Waals surface area contributed by atoms with Crippen molar-refractivity contribution >= 4 is 24.3 Å². The number of ketones is 1. The molecule has 0 aromatic rings. The normalized spacial score (nSPS) is 10.4. The van der Waals surface area contributed by atoms with Crippen molar-refractivity contribution in [3.63, 3.8) is 0 Å². The van der Waals surface area contributed by atoms with Gasteiger partial charge in [0.25, 0.3) is 0 Å². The van der Waals surface area contributed by atoms with E-state index in [9.17, 15) is 9.59 Å². The fourth-order valence-electron chi connectivity index (χ4n) is 1.17. The number of hydrogen-bond acceptors (Lipinski definition) is 3. The quantitative estimate of drug-likeness (QED) is 0.494. The first-order chi connectivity index (χ1) is 7.07. The number of carbonyl (C=O) groups excluding carboxylic acids is 2. The summed E-state index contributed by atoms with van der Waals surface area (Å²) in [6.45, 7) is 4.54. The average molecular weight is 231 g/mol. The van der Waals surface area contributed by atoms with E-state index in [1.807, 2.05) is 13.8 Å². The lowest BCUT2D eigenvalue weighted by Gasteiger charge is -2.04. The van der Waals surface area contributed by atoms with Crippen molar-refractivity contribution in [1.82, 2.24) is 5.32 Å². The summed E-state index contributed by atoms with van der Waals surface area (Å²) in [5.41, 5.74) is 0. The number of amides is 1. The topological polar surface area (TPSA) is 46.2 Å². The Labute approximate surface area is 97.4 Å². The molecule has 4 heteroatoms. The minimum absolute atomic E-state index is 0.0309. The van der Waals surface area contributed by atoms with E-state index in [0.29, 0.717) is 18.7 Å². The number of Topliss-reactive ketones (excluding diaryl/α,β-unsaturated/α-hetero) is 1. The maximum absolute atomic E-state index is 11.3. The highest BCUT2D eigenvalue weighted by molar-refractivity contribution is 7.81. The van der Waals surface area contributed by atoms with Crippen molar-refractivity contribution in [1.29, 1.82) is 0 Å². The van der Waals surface area contributed by atoms with E-state index in [0.717, 1.165) is 19.3 Å². The van der Waals surface area contributed by atoms with E-state index >= 15 is 0 Å².